The van der Waals surface area contributed by atoms with Crippen molar-refractivity contribution in [3.8, 4) is 0 Å². The summed E-state index contributed by atoms with van der Waals surface area (Å²) in [5, 5.41) is 2.88. The SMILES string of the molecule is CCS(=O)c1ccc(Cl)cc1CNC(=O)c1cc(Cl)c(CN2C[C@@H](N)C3(CC3)C2)c(C(F)(F)F)c1. The summed E-state index contributed by atoms with van der Waals surface area (Å²) in [5.41, 5.74) is 5.55. The van der Waals surface area contributed by atoms with Gasteiger partial charge in [-0.05, 0) is 59.7 Å². The highest BCUT2D eigenvalue weighted by atomic mass is 35.5. The van der Waals surface area contributed by atoms with E-state index in [1.165, 1.54) is 6.07 Å². The molecule has 11 heteroatoms. The lowest BCUT2D eigenvalue weighted by Crippen LogP contribution is -2.30. The number of likely N-dealkylation sites (tertiary alicyclic amines) is 1. The molecule has 2 aromatic rings. The maximum atomic E-state index is 14.0. The molecule has 1 aliphatic heterocycles. The standard InChI is InChI=1S/C24H26Cl2F3N3O2S/c1-2-35(34)20-4-3-16(25)7-15(20)10-31-22(33)14-8-18(24(27,28)29)17(19(26)9-14)11-32-12-21(30)23(13-32)5-6-23/h3-4,7-9,21H,2,5-6,10-13,30H2,1H3,(H,31,33)/t21-,35?/m1/s1. The number of halogens is 5. The molecule has 0 aromatic heterocycles. The molecule has 1 unspecified atom stereocenters. The van der Waals surface area contributed by atoms with Gasteiger partial charge in [-0.1, -0.05) is 30.1 Å². The summed E-state index contributed by atoms with van der Waals surface area (Å²) >= 11 is 12.4. The van der Waals surface area contributed by atoms with Gasteiger partial charge in [-0.15, -0.1) is 0 Å². The molecule has 0 bridgehead atoms. The lowest BCUT2D eigenvalue weighted by molar-refractivity contribution is -0.138. The number of benzene rings is 2. The summed E-state index contributed by atoms with van der Waals surface area (Å²) in [4.78, 5) is 15.2. The smallest absolute Gasteiger partial charge is 0.348 e. The first-order valence-electron chi connectivity index (χ1n) is 11.3. The van der Waals surface area contributed by atoms with E-state index in [4.69, 9.17) is 28.9 Å². The third kappa shape index (κ3) is 5.69. The Balaban J connectivity index is 1.56. The summed E-state index contributed by atoms with van der Waals surface area (Å²) in [6.07, 6.45) is -2.71. The predicted octanol–water partition coefficient (Wildman–Crippen LogP) is 4.99. The minimum Gasteiger partial charge on any atom is -0.348 e. The number of nitrogens with two attached hydrogens (primary N) is 1. The fourth-order valence-corrected chi connectivity index (χ4v) is 6.08. The first-order valence-corrected chi connectivity index (χ1v) is 13.3. The average molecular weight is 548 g/mol. The number of amides is 1. The fourth-order valence-electron chi connectivity index (χ4n) is 4.66. The Kier molecular flexibility index (Phi) is 7.56. The van der Waals surface area contributed by atoms with Gasteiger partial charge in [0.1, 0.15) is 0 Å². The molecule has 0 radical (unpaired) electrons. The van der Waals surface area contributed by atoms with Crippen molar-refractivity contribution in [2.75, 3.05) is 18.8 Å². The topological polar surface area (TPSA) is 75.4 Å². The lowest BCUT2D eigenvalue weighted by Gasteiger charge is -2.21. The molecule has 1 amide bonds. The molecule has 2 atom stereocenters. The molecule has 1 aliphatic carbocycles. The summed E-state index contributed by atoms with van der Waals surface area (Å²) in [6, 6.07) is 6.83. The summed E-state index contributed by atoms with van der Waals surface area (Å²) in [7, 11) is -1.29. The van der Waals surface area contributed by atoms with Crippen molar-refractivity contribution in [2.24, 2.45) is 11.1 Å². The van der Waals surface area contributed by atoms with Gasteiger partial charge in [0.2, 0.25) is 0 Å². The van der Waals surface area contributed by atoms with Crippen LogP contribution in [0, 0.1) is 5.41 Å². The lowest BCUT2D eigenvalue weighted by atomic mass is 10.0. The summed E-state index contributed by atoms with van der Waals surface area (Å²) in [5.74, 6) is -0.352. The maximum absolute atomic E-state index is 14.0. The van der Waals surface area contributed by atoms with E-state index >= 15 is 0 Å². The van der Waals surface area contributed by atoms with Crippen molar-refractivity contribution in [1.82, 2.24) is 10.2 Å². The number of alkyl halides is 3. The number of carbonyl (C=O) groups is 1. The van der Waals surface area contributed by atoms with Crippen molar-refractivity contribution in [3.05, 3.63) is 62.6 Å². The van der Waals surface area contributed by atoms with Gasteiger partial charge in [0.15, 0.2) is 0 Å². The van der Waals surface area contributed by atoms with Crippen molar-refractivity contribution in [1.29, 1.82) is 0 Å². The van der Waals surface area contributed by atoms with E-state index in [0.717, 1.165) is 18.9 Å². The Morgan fingerprint density at radius 2 is 1.97 bits per heavy atom. The van der Waals surface area contributed by atoms with E-state index in [0.29, 0.717) is 34.3 Å². The zero-order chi connectivity index (χ0) is 25.5. The molecular formula is C24H26Cl2F3N3O2S. The third-order valence-electron chi connectivity index (χ3n) is 6.79. The summed E-state index contributed by atoms with van der Waals surface area (Å²) in [6.45, 7) is 2.88. The molecule has 1 saturated carbocycles. The normalized spacial score (nSPS) is 20.3. The highest BCUT2D eigenvalue weighted by molar-refractivity contribution is 7.85. The molecule has 2 aliphatic rings. The maximum Gasteiger partial charge on any atom is 0.416 e. The summed E-state index contributed by atoms with van der Waals surface area (Å²) < 4.78 is 54.2. The van der Waals surface area contributed by atoms with Crippen LogP contribution in [0.2, 0.25) is 10.0 Å². The van der Waals surface area contributed by atoms with E-state index < -0.39 is 28.4 Å². The van der Waals surface area contributed by atoms with Gasteiger partial charge < -0.3 is 11.1 Å². The zero-order valence-electron chi connectivity index (χ0n) is 19.1. The van der Waals surface area contributed by atoms with Crippen molar-refractivity contribution >= 4 is 39.9 Å². The van der Waals surface area contributed by atoms with Gasteiger partial charge in [-0.2, -0.15) is 13.2 Å². The second kappa shape index (κ2) is 10.0. The molecule has 1 heterocycles. The average Bonchev–Trinajstić information content (AvgIpc) is 3.51. The van der Waals surface area contributed by atoms with Gasteiger partial charge in [0, 0.05) is 58.5 Å². The van der Waals surface area contributed by atoms with Crippen LogP contribution in [0.3, 0.4) is 0 Å². The number of nitrogens with one attached hydrogen (secondary N) is 1. The van der Waals surface area contributed by atoms with Gasteiger partial charge in [0.05, 0.1) is 16.4 Å². The van der Waals surface area contributed by atoms with Gasteiger partial charge in [-0.3, -0.25) is 13.9 Å². The Labute approximate surface area is 214 Å². The van der Waals surface area contributed by atoms with Gasteiger partial charge >= 0.3 is 6.18 Å². The van der Waals surface area contributed by atoms with Crippen LogP contribution in [0.25, 0.3) is 0 Å². The molecule has 1 spiro atoms. The van der Waals surface area contributed by atoms with Crippen LogP contribution in [-0.2, 0) is 30.1 Å². The Morgan fingerprint density at radius 1 is 1.26 bits per heavy atom. The van der Waals surface area contributed by atoms with Crippen LogP contribution in [-0.4, -0.2) is 39.9 Å². The molecular weight excluding hydrogens is 522 g/mol. The van der Waals surface area contributed by atoms with Crippen molar-refractivity contribution < 1.29 is 22.2 Å². The van der Waals surface area contributed by atoms with Crippen LogP contribution in [0.5, 0.6) is 0 Å². The molecule has 4 rings (SSSR count). The largest absolute Gasteiger partial charge is 0.416 e. The minimum atomic E-state index is -4.69. The van der Waals surface area contributed by atoms with Crippen molar-refractivity contribution in [2.45, 2.75) is 50.0 Å². The Morgan fingerprint density at radius 3 is 2.57 bits per heavy atom. The van der Waals surface area contributed by atoms with E-state index in [2.05, 4.69) is 5.32 Å². The molecule has 5 nitrogen and oxygen atoms in total. The second-order valence-electron chi connectivity index (χ2n) is 9.19. The molecule has 2 fully saturated rings. The highest BCUT2D eigenvalue weighted by Crippen LogP contribution is 2.52. The van der Waals surface area contributed by atoms with Crippen LogP contribution in [0.1, 0.15) is 46.8 Å². The second-order valence-corrected chi connectivity index (χ2v) is 11.7. The van der Waals surface area contributed by atoms with Crippen LogP contribution < -0.4 is 11.1 Å². The van der Waals surface area contributed by atoms with E-state index in [1.54, 1.807) is 25.1 Å². The number of carbonyl (C=O) groups excluding carboxylic acids is 1. The molecule has 35 heavy (non-hydrogen) atoms. The van der Waals surface area contributed by atoms with Gasteiger partial charge in [-0.25, -0.2) is 0 Å². The quantitative estimate of drug-likeness (QED) is 0.511. The monoisotopic (exact) mass is 547 g/mol. The zero-order valence-corrected chi connectivity index (χ0v) is 21.4. The highest BCUT2D eigenvalue weighted by Gasteiger charge is 2.53. The third-order valence-corrected chi connectivity index (χ3v) is 8.77. The number of nitrogens with zero attached hydrogens (tertiary/aromatic N) is 1. The van der Waals surface area contributed by atoms with Crippen LogP contribution in [0.4, 0.5) is 13.2 Å². The van der Waals surface area contributed by atoms with Crippen LogP contribution >= 0.6 is 23.2 Å². The molecule has 190 valence electrons. The molecule has 3 N–H and O–H groups in total. The number of hydrogen-bond acceptors (Lipinski definition) is 4. The van der Waals surface area contributed by atoms with Gasteiger partial charge in [0.25, 0.3) is 5.91 Å². The van der Waals surface area contributed by atoms with E-state index in [-0.39, 0.29) is 40.7 Å². The van der Waals surface area contributed by atoms with E-state index in [9.17, 15) is 22.2 Å². The minimum absolute atomic E-state index is 0.0136. The first-order chi connectivity index (χ1) is 16.4. The van der Waals surface area contributed by atoms with Crippen LogP contribution in [0.15, 0.2) is 35.2 Å². The Hall–Kier alpha value is -1.65. The van der Waals surface area contributed by atoms with Crippen molar-refractivity contribution in [3.63, 3.8) is 0 Å². The molecule has 2 aromatic carbocycles. The molecule has 1 saturated heterocycles. The predicted molar refractivity (Wildman–Crippen MR) is 131 cm³/mol. The fraction of sp³-hybridized carbons (Fsp3) is 0.458. The number of rotatable bonds is 7. The number of hydrogen-bond donors (Lipinski definition) is 2. The van der Waals surface area contributed by atoms with E-state index in [1.807, 2.05) is 4.90 Å². The first kappa shape index (κ1) is 26.4. The Bertz CT molecular complexity index is 1170.